The third-order valence-corrected chi connectivity index (χ3v) is 4.49. The molecule has 1 aliphatic rings. The van der Waals surface area contributed by atoms with Crippen molar-refractivity contribution in [2.75, 3.05) is 14.2 Å². The van der Waals surface area contributed by atoms with E-state index in [1.165, 1.54) is 18.9 Å². The Labute approximate surface area is 163 Å². The Bertz CT molecular complexity index is 890. The van der Waals surface area contributed by atoms with Crippen LogP contribution in [0.3, 0.4) is 0 Å². The number of carbonyl (C=O) groups excluding carboxylic acids is 2. The number of hydrogen-bond donors (Lipinski definition) is 0. The third kappa shape index (κ3) is 3.83. The standard InChI is InChI=1S/C21H22N2O5/c1-13(24)23-20(16-7-11-18(27-4)12-8-16)21(28-14(2)25)19(22-23)15-5-9-17(26-3)10-6-15/h5-12,20-21H,1-4H3. The first-order chi connectivity index (χ1) is 13.4. The fraction of sp³-hybridized carbons (Fsp3) is 0.286. The number of hydrazone groups is 1. The molecule has 0 saturated heterocycles. The van der Waals surface area contributed by atoms with Crippen LogP contribution < -0.4 is 9.47 Å². The van der Waals surface area contributed by atoms with E-state index in [9.17, 15) is 9.59 Å². The van der Waals surface area contributed by atoms with Crippen LogP contribution in [0.25, 0.3) is 0 Å². The van der Waals surface area contributed by atoms with E-state index in [1.807, 2.05) is 24.3 Å². The van der Waals surface area contributed by atoms with Crippen molar-refractivity contribution < 1.29 is 23.8 Å². The van der Waals surface area contributed by atoms with E-state index in [0.29, 0.717) is 17.2 Å². The number of methoxy groups -OCH3 is 2. The molecule has 0 aromatic heterocycles. The van der Waals surface area contributed by atoms with Crippen LogP contribution in [-0.4, -0.2) is 42.9 Å². The highest BCUT2D eigenvalue weighted by molar-refractivity contribution is 6.07. The second kappa shape index (κ2) is 8.12. The van der Waals surface area contributed by atoms with Gasteiger partial charge in [0.1, 0.15) is 23.3 Å². The molecule has 7 heteroatoms. The summed E-state index contributed by atoms with van der Waals surface area (Å²) in [4.78, 5) is 24.1. The van der Waals surface area contributed by atoms with Crippen LogP contribution in [0.15, 0.2) is 53.6 Å². The van der Waals surface area contributed by atoms with E-state index < -0.39 is 18.1 Å². The molecule has 28 heavy (non-hydrogen) atoms. The molecule has 2 unspecified atom stereocenters. The summed E-state index contributed by atoms with van der Waals surface area (Å²) in [6, 6.07) is 13.9. The normalized spacial score (nSPS) is 18.4. The number of benzene rings is 2. The molecule has 0 spiro atoms. The molecule has 2 aromatic rings. The van der Waals surface area contributed by atoms with Gasteiger partial charge in [0.05, 0.1) is 14.2 Å². The molecule has 0 fully saturated rings. The molecule has 146 valence electrons. The van der Waals surface area contributed by atoms with Gasteiger partial charge in [-0.15, -0.1) is 0 Å². The number of nitrogens with zero attached hydrogens (tertiary/aromatic N) is 2. The Kier molecular flexibility index (Phi) is 5.63. The minimum absolute atomic E-state index is 0.249. The van der Waals surface area contributed by atoms with Gasteiger partial charge in [-0.25, -0.2) is 5.01 Å². The van der Waals surface area contributed by atoms with Crippen LogP contribution in [0.4, 0.5) is 0 Å². The summed E-state index contributed by atoms with van der Waals surface area (Å²) in [6.07, 6.45) is -0.733. The topological polar surface area (TPSA) is 77.4 Å². The first kappa shape index (κ1) is 19.4. The zero-order valence-electron chi connectivity index (χ0n) is 16.2. The number of esters is 1. The molecule has 3 rings (SSSR count). The molecule has 2 aromatic carbocycles. The lowest BCUT2D eigenvalue weighted by molar-refractivity contribution is -0.147. The largest absolute Gasteiger partial charge is 0.497 e. The average molecular weight is 382 g/mol. The van der Waals surface area contributed by atoms with Gasteiger partial charge in [0.2, 0.25) is 5.91 Å². The zero-order chi connectivity index (χ0) is 20.3. The lowest BCUT2D eigenvalue weighted by Crippen LogP contribution is -2.35. The lowest BCUT2D eigenvalue weighted by atomic mass is 9.95. The second-order valence-electron chi connectivity index (χ2n) is 6.33. The Balaban J connectivity index is 2.05. The predicted molar refractivity (Wildman–Crippen MR) is 103 cm³/mol. The molecule has 0 N–H and O–H groups in total. The lowest BCUT2D eigenvalue weighted by Gasteiger charge is -2.26. The molecule has 2 atom stereocenters. The second-order valence-corrected chi connectivity index (χ2v) is 6.33. The number of rotatable bonds is 5. The number of ether oxygens (including phenoxy) is 3. The average Bonchev–Trinajstić information content (AvgIpc) is 3.07. The molecule has 0 bridgehead atoms. The van der Waals surface area contributed by atoms with Crippen molar-refractivity contribution in [3.63, 3.8) is 0 Å². The minimum atomic E-state index is -0.733. The monoisotopic (exact) mass is 382 g/mol. The summed E-state index contributed by atoms with van der Waals surface area (Å²) in [7, 11) is 3.17. The smallest absolute Gasteiger partial charge is 0.303 e. The number of carbonyl (C=O) groups is 2. The summed E-state index contributed by atoms with van der Waals surface area (Å²) < 4.78 is 16.0. The summed E-state index contributed by atoms with van der Waals surface area (Å²) in [6.45, 7) is 2.77. The fourth-order valence-corrected chi connectivity index (χ4v) is 3.18. The van der Waals surface area contributed by atoms with E-state index in [2.05, 4.69) is 5.10 Å². The highest BCUT2D eigenvalue weighted by atomic mass is 16.5. The molecule has 0 aliphatic carbocycles. The summed E-state index contributed by atoms with van der Waals surface area (Å²) in [5.74, 6) is 0.689. The molecule has 1 aliphatic heterocycles. The maximum Gasteiger partial charge on any atom is 0.303 e. The van der Waals surface area contributed by atoms with Crippen LogP contribution in [0.2, 0.25) is 0 Å². The van der Waals surface area contributed by atoms with Crippen LogP contribution >= 0.6 is 0 Å². The highest BCUT2D eigenvalue weighted by Crippen LogP contribution is 2.36. The quantitative estimate of drug-likeness (QED) is 0.743. The SMILES string of the molecule is COc1ccc(C2=NN(C(C)=O)C(c3ccc(OC)cc3)C2OC(C)=O)cc1. The predicted octanol–water partition coefficient (Wildman–Crippen LogP) is 2.94. The minimum Gasteiger partial charge on any atom is -0.497 e. The Morgan fingerprint density at radius 1 is 0.893 bits per heavy atom. The summed E-state index contributed by atoms with van der Waals surface area (Å²) in [5.41, 5.74) is 2.04. The van der Waals surface area contributed by atoms with Crippen molar-refractivity contribution >= 4 is 17.6 Å². The van der Waals surface area contributed by atoms with Crippen molar-refractivity contribution in [2.45, 2.75) is 26.0 Å². The van der Waals surface area contributed by atoms with Gasteiger partial charge < -0.3 is 14.2 Å². The van der Waals surface area contributed by atoms with Crippen LogP contribution in [0.1, 0.15) is 31.0 Å². The Hall–Kier alpha value is -3.35. The van der Waals surface area contributed by atoms with Crippen LogP contribution in [-0.2, 0) is 14.3 Å². The van der Waals surface area contributed by atoms with Crippen molar-refractivity contribution in [1.29, 1.82) is 0 Å². The number of hydrogen-bond acceptors (Lipinski definition) is 6. The maximum absolute atomic E-state index is 12.3. The first-order valence-corrected chi connectivity index (χ1v) is 8.78. The molecule has 1 amide bonds. The van der Waals surface area contributed by atoms with Crippen LogP contribution in [0.5, 0.6) is 11.5 Å². The Morgan fingerprint density at radius 3 is 1.89 bits per heavy atom. The molecule has 7 nitrogen and oxygen atoms in total. The zero-order valence-corrected chi connectivity index (χ0v) is 16.2. The van der Waals surface area contributed by atoms with Crippen molar-refractivity contribution in [3.8, 4) is 11.5 Å². The van der Waals surface area contributed by atoms with Gasteiger partial charge in [-0.3, -0.25) is 9.59 Å². The number of amides is 1. The third-order valence-electron chi connectivity index (χ3n) is 4.49. The van der Waals surface area contributed by atoms with Gasteiger partial charge in [-0.2, -0.15) is 5.10 Å². The van der Waals surface area contributed by atoms with Gasteiger partial charge in [0.25, 0.3) is 0 Å². The van der Waals surface area contributed by atoms with Gasteiger partial charge in [0.15, 0.2) is 6.10 Å². The van der Waals surface area contributed by atoms with Gasteiger partial charge in [-0.05, 0) is 42.0 Å². The van der Waals surface area contributed by atoms with E-state index >= 15 is 0 Å². The molecular weight excluding hydrogens is 360 g/mol. The van der Waals surface area contributed by atoms with Gasteiger partial charge in [-0.1, -0.05) is 12.1 Å². The Morgan fingerprint density at radius 2 is 1.43 bits per heavy atom. The van der Waals surface area contributed by atoms with E-state index in [1.54, 1.807) is 38.5 Å². The van der Waals surface area contributed by atoms with Crippen LogP contribution in [0, 0.1) is 0 Å². The highest BCUT2D eigenvalue weighted by Gasteiger charge is 2.43. The molecule has 0 radical (unpaired) electrons. The van der Waals surface area contributed by atoms with Gasteiger partial charge in [0, 0.05) is 19.4 Å². The van der Waals surface area contributed by atoms with Crippen molar-refractivity contribution in [3.05, 3.63) is 59.7 Å². The fourth-order valence-electron chi connectivity index (χ4n) is 3.18. The van der Waals surface area contributed by atoms with Crippen molar-refractivity contribution in [1.82, 2.24) is 5.01 Å². The van der Waals surface area contributed by atoms with Crippen molar-refractivity contribution in [2.24, 2.45) is 5.10 Å². The van der Waals surface area contributed by atoms with E-state index in [4.69, 9.17) is 14.2 Å². The maximum atomic E-state index is 12.3. The van der Waals surface area contributed by atoms with E-state index in [0.717, 1.165) is 11.1 Å². The molecule has 1 heterocycles. The van der Waals surface area contributed by atoms with E-state index in [-0.39, 0.29) is 5.91 Å². The first-order valence-electron chi connectivity index (χ1n) is 8.78. The molecule has 0 saturated carbocycles. The molecular formula is C21H22N2O5. The van der Waals surface area contributed by atoms with Gasteiger partial charge >= 0.3 is 5.97 Å². The summed E-state index contributed by atoms with van der Waals surface area (Å²) >= 11 is 0. The summed E-state index contributed by atoms with van der Waals surface area (Å²) in [5, 5.41) is 5.86.